The molecule has 0 fully saturated rings. The number of H-pyrrole nitrogens is 1. The second-order valence-corrected chi connectivity index (χ2v) is 5.98. The number of aliphatic hydroxyl groups is 2. The van der Waals surface area contributed by atoms with Crippen LogP contribution in [-0.4, -0.2) is 57.5 Å². The molecule has 0 aliphatic carbocycles. The maximum Gasteiger partial charge on any atom is 0.270 e. The molecule has 0 aliphatic heterocycles. The van der Waals surface area contributed by atoms with Gasteiger partial charge in [-0.05, 0) is 18.6 Å². The zero-order valence-electron chi connectivity index (χ0n) is 14.5. The topological polar surface area (TPSA) is 103 Å². The number of hydrogen-bond acceptors (Lipinski definition) is 5. The molecule has 136 valence electrons. The van der Waals surface area contributed by atoms with Crippen molar-refractivity contribution in [3.05, 3.63) is 54.0 Å². The molecule has 7 nitrogen and oxygen atoms in total. The maximum absolute atomic E-state index is 12.5. The Morgan fingerprint density at radius 3 is 2.65 bits per heavy atom. The molecule has 0 atom stereocenters. The summed E-state index contributed by atoms with van der Waals surface area (Å²) >= 11 is 0. The molecular weight excluding hydrogens is 334 g/mol. The van der Waals surface area contributed by atoms with Crippen LogP contribution in [0.2, 0.25) is 0 Å². The quantitative estimate of drug-likeness (QED) is 0.602. The smallest absolute Gasteiger partial charge is 0.270 e. The molecule has 2 heterocycles. The van der Waals surface area contributed by atoms with E-state index >= 15 is 0 Å². The molecule has 0 spiro atoms. The number of nitrogens with zero attached hydrogens (tertiary/aromatic N) is 2. The lowest BCUT2D eigenvalue weighted by molar-refractivity contribution is 0.0679. The average Bonchev–Trinajstić information content (AvgIpc) is 3.30. The SMILES string of the molecule is Cc1cccc(-c2cnoc2-c2c[nH]c(C(=O)N(CCO)CCO)c2)c1. The molecule has 7 heteroatoms. The van der Waals surface area contributed by atoms with E-state index in [0.29, 0.717) is 17.0 Å². The van der Waals surface area contributed by atoms with Crippen molar-refractivity contribution in [3.8, 4) is 22.5 Å². The minimum absolute atomic E-state index is 0.157. The minimum Gasteiger partial charge on any atom is -0.395 e. The van der Waals surface area contributed by atoms with Gasteiger partial charge < -0.3 is 24.6 Å². The number of carbonyl (C=O) groups is 1. The number of aryl methyl sites for hydroxylation is 1. The molecule has 2 aromatic heterocycles. The number of aromatic nitrogens is 2. The van der Waals surface area contributed by atoms with E-state index in [2.05, 4.69) is 10.1 Å². The van der Waals surface area contributed by atoms with Crippen molar-refractivity contribution in [1.82, 2.24) is 15.0 Å². The summed E-state index contributed by atoms with van der Waals surface area (Å²) in [4.78, 5) is 16.9. The first-order valence-electron chi connectivity index (χ1n) is 8.35. The zero-order valence-corrected chi connectivity index (χ0v) is 14.5. The minimum atomic E-state index is -0.295. The van der Waals surface area contributed by atoms with Gasteiger partial charge in [0.2, 0.25) is 0 Å². The Kier molecular flexibility index (Phi) is 5.50. The number of amides is 1. The molecule has 0 bridgehead atoms. The summed E-state index contributed by atoms with van der Waals surface area (Å²) in [5.74, 6) is 0.276. The van der Waals surface area contributed by atoms with Gasteiger partial charge in [-0.15, -0.1) is 0 Å². The highest BCUT2D eigenvalue weighted by Crippen LogP contribution is 2.32. The van der Waals surface area contributed by atoms with Crippen LogP contribution in [0.3, 0.4) is 0 Å². The molecule has 3 N–H and O–H groups in total. The highest BCUT2D eigenvalue weighted by molar-refractivity contribution is 5.94. The Bertz CT molecular complexity index is 878. The van der Waals surface area contributed by atoms with E-state index in [4.69, 9.17) is 14.7 Å². The van der Waals surface area contributed by atoms with Gasteiger partial charge in [-0.1, -0.05) is 35.0 Å². The number of hydrogen-bond donors (Lipinski definition) is 3. The second kappa shape index (κ2) is 7.99. The number of nitrogens with one attached hydrogen (secondary N) is 1. The van der Waals surface area contributed by atoms with Crippen LogP contribution in [0.15, 0.2) is 47.2 Å². The van der Waals surface area contributed by atoms with Crippen LogP contribution >= 0.6 is 0 Å². The van der Waals surface area contributed by atoms with Crippen LogP contribution in [0.1, 0.15) is 16.1 Å². The van der Waals surface area contributed by atoms with E-state index in [9.17, 15) is 4.79 Å². The predicted octanol–water partition coefficient (Wildman–Crippen LogP) is 2.07. The summed E-state index contributed by atoms with van der Waals surface area (Å²) in [6.45, 7) is 1.99. The summed E-state index contributed by atoms with van der Waals surface area (Å²) in [7, 11) is 0. The third kappa shape index (κ3) is 3.68. The van der Waals surface area contributed by atoms with Crippen LogP contribution in [0, 0.1) is 6.92 Å². The van der Waals surface area contributed by atoms with Gasteiger partial charge in [0.15, 0.2) is 5.76 Å². The first-order valence-corrected chi connectivity index (χ1v) is 8.35. The molecule has 1 aromatic carbocycles. The van der Waals surface area contributed by atoms with E-state index < -0.39 is 0 Å². The van der Waals surface area contributed by atoms with Crippen LogP contribution in [0.5, 0.6) is 0 Å². The van der Waals surface area contributed by atoms with Crippen LogP contribution in [0.25, 0.3) is 22.5 Å². The zero-order chi connectivity index (χ0) is 18.5. The highest BCUT2D eigenvalue weighted by atomic mass is 16.5. The van der Waals surface area contributed by atoms with Crippen LogP contribution in [-0.2, 0) is 0 Å². The van der Waals surface area contributed by atoms with Crippen molar-refractivity contribution in [3.63, 3.8) is 0 Å². The Hall–Kier alpha value is -2.90. The van der Waals surface area contributed by atoms with Gasteiger partial charge in [0.05, 0.1) is 19.4 Å². The Morgan fingerprint density at radius 1 is 1.19 bits per heavy atom. The molecule has 0 saturated heterocycles. The van der Waals surface area contributed by atoms with Gasteiger partial charge in [0, 0.05) is 30.4 Å². The molecule has 0 unspecified atom stereocenters. The lowest BCUT2D eigenvalue weighted by Gasteiger charge is -2.19. The Morgan fingerprint density at radius 2 is 1.96 bits per heavy atom. The predicted molar refractivity (Wildman–Crippen MR) is 96.5 cm³/mol. The molecule has 0 radical (unpaired) electrons. The summed E-state index contributed by atoms with van der Waals surface area (Å²) in [6.07, 6.45) is 3.34. The van der Waals surface area contributed by atoms with Gasteiger partial charge in [0.25, 0.3) is 5.91 Å². The second-order valence-electron chi connectivity index (χ2n) is 5.98. The Balaban J connectivity index is 1.89. The maximum atomic E-state index is 12.5. The van der Waals surface area contributed by atoms with Crippen molar-refractivity contribution in [2.75, 3.05) is 26.3 Å². The monoisotopic (exact) mass is 355 g/mol. The van der Waals surface area contributed by atoms with E-state index in [0.717, 1.165) is 16.7 Å². The van der Waals surface area contributed by atoms with Crippen molar-refractivity contribution >= 4 is 5.91 Å². The highest BCUT2D eigenvalue weighted by Gasteiger charge is 2.20. The van der Waals surface area contributed by atoms with E-state index in [1.54, 1.807) is 18.5 Å². The largest absolute Gasteiger partial charge is 0.395 e. The fourth-order valence-electron chi connectivity index (χ4n) is 2.84. The van der Waals surface area contributed by atoms with Gasteiger partial charge >= 0.3 is 0 Å². The van der Waals surface area contributed by atoms with Gasteiger partial charge in [0.1, 0.15) is 5.69 Å². The van der Waals surface area contributed by atoms with Crippen molar-refractivity contribution in [2.45, 2.75) is 6.92 Å². The first kappa shape index (κ1) is 17.9. The van der Waals surface area contributed by atoms with Crippen molar-refractivity contribution in [2.24, 2.45) is 0 Å². The standard InChI is InChI=1S/C19H21N3O4/c1-13-3-2-4-14(9-13)16-12-21-26-18(16)15-10-17(20-11-15)19(25)22(5-7-23)6-8-24/h2-4,9-12,20,23-24H,5-8H2,1H3. The fourth-order valence-corrected chi connectivity index (χ4v) is 2.84. The third-order valence-electron chi connectivity index (χ3n) is 4.10. The van der Waals surface area contributed by atoms with Crippen molar-refractivity contribution < 1.29 is 19.5 Å². The van der Waals surface area contributed by atoms with Crippen LogP contribution < -0.4 is 0 Å². The molecule has 3 aromatic rings. The lowest BCUT2D eigenvalue weighted by Crippen LogP contribution is -2.36. The molecular formula is C19H21N3O4. The number of rotatable bonds is 7. The average molecular weight is 355 g/mol. The van der Waals surface area contributed by atoms with E-state index in [-0.39, 0.29) is 32.2 Å². The molecule has 0 saturated carbocycles. The normalized spacial score (nSPS) is 10.9. The summed E-state index contributed by atoms with van der Waals surface area (Å²) in [5.41, 5.74) is 4.01. The van der Waals surface area contributed by atoms with Gasteiger partial charge in [-0.3, -0.25) is 4.79 Å². The summed E-state index contributed by atoms with van der Waals surface area (Å²) in [5, 5.41) is 22.1. The van der Waals surface area contributed by atoms with E-state index in [1.807, 2.05) is 31.2 Å². The Labute approximate surface area is 150 Å². The molecule has 1 amide bonds. The summed E-state index contributed by atoms with van der Waals surface area (Å²) < 4.78 is 5.42. The van der Waals surface area contributed by atoms with Gasteiger partial charge in [-0.2, -0.15) is 0 Å². The number of aliphatic hydroxyl groups excluding tert-OH is 2. The molecule has 3 rings (SSSR count). The van der Waals surface area contributed by atoms with E-state index in [1.165, 1.54) is 4.90 Å². The first-order chi connectivity index (χ1) is 12.6. The fraction of sp³-hybridized carbons (Fsp3) is 0.263. The number of aromatic amines is 1. The lowest BCUT2D eigenvalue weighted by atomic mass is 10.0. The van der Waals surface area contributed by atoms with Crippen molar-refractivity contribution in [1.29, 1.82) is 0 Å². The number of carbonyl (C=O) groups excluding carboxylic acids is 1. The van der Waals surface area contributed by atoms with Crippen LogP contribution in [0.4, 0.5) is 0 Å². The molecule has 0 aliphatic rings. The summed E-state index contributed by atoms with van der Waals surface area (Å²) in [6, 6.07) is 9.69. The number of benzene rings is 1. The molecule has 26 heavy (non-hydrogen) atoms. The van der Waals surface area contributed by atoms with Gasteiger partial charge in [-0.25, -0.2) is 0 Å². The third-order valence-corrected chi connectivity index (χ3v) is 4.10.